The third kappa shape index (κ3) is 4.44. The Morgan fingerprint density at radius 1 is 1.35 bits per heavy atom. The average Bonchev–Trinajstić information content (AvgIpc) is 2.78. The van der Waals surface area contributed by atoms with Crippen LogP contribution in [0.1, 0.15) is 44.8 Å². The van der Waals surface area contributed by atoms with Crippen LogP contribution in [0.25, 0.3) is 0 Å². The van der Waals surface area contributed by atoms with E-state index in [0.717, 1.165) is 44.7 Å². The predicted octanol–water partition coefficient (Wildman–Crippen LogP) is 1.77. The Balaban J connectivity index is 2.50. The van der Waals surface area contributed by atoms with Gasteiger partial charge in [0.2, 0.25) is 0 Å². The number of aromatic nitrogens is 3. The summed E-state index contributed by atoms with van der Waals surface area (Å²) in [6.45, 7) is 6.79. The van der Waals surface area contributed by atoms with E-state index in [2.05, 4.69) is 29.5 Å². The van der Waals surface area contributed by atoms with Gasteiger partial charge in [-0.25, -0.2) is 4.68 Å². The van der Waals surface area contributed by atoms with Gasteiger partial charge in [0, 0.05) is 19.8 Å². The molecule has 1 unspecified atom stereocenters. The lowest BCUT2D eigenvalue weighted by Crippen LogP contribution is -2.22. The van der Waals surface area contributed by atoms with Crippen LogP contribution < -0.4 is 5.32 Å². The van der Waals surface area contributed by atoms with Gasteiger partial charge in [0.15, 0.2) is 0 Å². The van der Waals surface area contributed by atoms with Crippen molar-refractivity contribution in [1.29, 1.82) is 0 Å². The highest BCUT2D eigenvalue weighted by atomic mass is 16.5. The number of nitrogens with zero attached hydrogens (tertiary/aromatic N) is 3. The van der Waals surface area contributed by atoms with Crippen LogP contribution in [0.4, 0.5) is 0 Å². The molecule has 0 aliphatic heterocycles. The maximum absolute atomic E-state index is 5.52. The lowest BCUT2D eigenvalue weighted by Gasteiger charge is -2.16. The molecule has 0 saturated carbocycles. The van der Waals surface area contributed by atoms with Gasteiger partial charge in [-0.15, -0.1) is 5.10 Å². The van der Waals surface area contributed by atoms with Crippen LogP contribution in [0.5, 0.6) is 0 Å². The fourth-order valence-electron chi connectivity index (χ4n) is 1.81. The molecule has 0 aliphatic carbocycles. The Labute approximate surface area is 104 Å². The molecule has 1 aromatic rings. The smallest absolute Gasteiger partial charge is 0.0757 e. The van der Waals surface area contributed by atoms with Gasteiger partial charge in [-0.1, -0.05) is 19.1 Å². The summed E-state index contributed by atoms with van der Waals surface area (Å²) in [6, 6.07) is 0.272. The molecule has 17 heavy (non-hydrogen) atoms. The molecule has 5 nitrogen and oxygen atoms in total. The second-order valence-electron chi connectivity index (χ2n) is 4.12. The molecule has 1 atom stereocenters. The van der Waals surface area contributed by atoms with E-state index >= 15 is 0 Å². The van der Waals surface area contributed by atoms with Gasteiger partial charge in [-0.3, -0.25) is 0 Å². The quantitative estimate of drug-likeness (QED) is 0.668. The zero-order chi connectivity index (χ0) is 12.5. The van der Waals surface area contributed by atoms with Gasteiger partial charge in [0.05, 0.1) is 17.9 Å². The normalized spacial score (nSPS) is 12.9. The fraction of sp³-hybridized carbons (Fsp3) is 0.833. The number of rotatable bonds is 9. The summed E-state index contributed by atoms with van der Waals surface area (Å²) in [5, 5.41) is 11.4. The monoisotopic (exact) mass is 240 g/mol. The van der Waals surface area contributed by atoms with E-state index in [-0.39, 0.29) is 6.04 Å². The molecule has 0 fully saturated rings. The highest BCUT2D eigenvalue weighted by molar-refractivity contribution is 5.01. The first kappa shape index (κ1) is 14.1. The van der Waals surface area contributed by atoms with E-state index < -0.39 is 0 Å². The Morgan fingerprint density at radius 2 is 2.18 bits per heavy atom. The molecule has 1 heterocycles. The van der Waals surface area contributed by atoms with E-state index in [1.165, 1.54) is 0 Å². The Morgan fingerprint density at radius 3 is 2.82 bits per heavy atom. The summed E-state index contributed by atoms with van der Waals surface area (Å²) >= 11 is 0. The summed E-state index contributed by atoms with van der Waals surface area (Å²) in [7, 11) is 1.97. The highest BCUT2D eigenvalue weighted by Crippen LogP contribution is 2.15. The molecule has 0 spiro atoms. The van der Waals surface area contributed by atoms with Crippen LogP contribution in [-0.2, 0) is 11.3 Å². The molecule has 0 radical (unpaired) electrons. The second kappa shape index (κ2) is 8.20. The van der Waals surface area contributed by atoms with Gasteiger partial charge in [-0.2, -0.15) is 0 Å². The van der Waals surface area contributed by atoms with Gasteiger partial charge in [-0.05, 0) is 26.3 Å². The number of hydrogen-bond donors (Lipinski definition) is 1. The first-order valence-corrected chi connectivity index (χ1v) is 6.46. The van der Waals surface area contributed by atoms with Gasteiger partial charge in [0.25, 0.3) is 0 Å². The van der Waals surface area contributed by atoms with Crippen LogP contribution in [-0.4, -0.2) is 35.3 Å². The van der Waals surface area contributed by atoms with Gasteiger partial charge >= 0.3 is 0 Å². The molecule has 0 aromatic carbocycles. The summed E-state index contributed by atoms with van der Waals surface area (Å²) in [4.78, 5) is 0. The maximum atomic E-state index is 5.52. The minimum absolute atomic E-state index is 0.272. The predicted molar refractivity (Wildman–Crippen MR) is 67.8 cm³/mol. The van der Waals surface area contributed by atoms with Crippen LogP contribution >= 0.6 is 0 Å². The van der Waals surface area contributed by atoms with E-state index in [1.54, 1.807) is 0 Å². The number of aryl methyl sites for hydroxylation is 1. The van der Waals surface area contributed by atoms with Crippen LogP contribution in [0.3, 0.4) is 0 Å². The molecule has 1 N–H and O–H groups in total. The third-order valence-corrected chi connectivity index (χ3v) is 2.69. The Hall–Kier alpha value is -0.940. The Bertz CT molecular complexity index is 300. The van der Waals surface area contributed by atoms with Crippen LogP contribution in [0, 0.1) is 0 Å². The zero-order valence-electron chi connectivity index (χ0n) is 11.1. The summed E-state index contributed by atoms with van der Waals surface area (Å²) < 4.78 is 7.50. The molecule has 0 amide bonds. The van der Waals surface area contributed by atoms with Crippen molar-refractivity contribution in [2.24, 2.45) is 0 Å². The van der Waals surface area contributed by atoms with Crippen molar-refractivity contribution in [3.8, 4) is 0 Å². The summed E-state index contributed by atoms with van der Waals surface area (Å²) in [6.07, 6.45) is 4.93. The Kier molecular flexibility index (Phi) is 6.81. The first-order chi connectivity index (χ1) is 8.33. The third-order valence-electron chi connectivity index (χ3n) is 2.69. The van der Waals surface area contributed by atoms with Crippen LogP contribution in [0.15, 0.2) is 6.20 Å². The molecule has 0 aliphatic rings. The lowest BCUT2D eigenvalue weighted by molar-refractivity contribution is 0.124. The minimum atomic E-state index is 0.272. The van der Waals surface area contributed by atoms with Crippen molar-refractivity contribution in [3.05, 3.63) is 11.9 Å². The SMILES string of the molecule is CCCOCCC(NC)c1cnnn1CCC. The van der Waals surface area contributed by atoms with Crippen molar-refractivity contribution in [2.75, 3.05) is 20.3 Å². The topological polar surface area (TPSA) is 52.0 Å². The first-order valence-electron chi connectivity index (χ1n) is 6.46. The lowest BCUT2D eigenvalue weighted by atomic mass is 10.1. The van der Waals surface area contributed by atoms with Crippen molar-refractivity contribution in [1.82, 2.24) is 20.3 Å². The standard InChI is InChI=1S/C12H24N4O/c1-4-7-16-12(10-14-15-16)11(13-3)6-9-17-8-5-2/h10-11,13H,4-9H2,1-3H3. The molecule has 0 bridgehead atoms. The van der Waals surface area contributed by atoms with E-state index in [1.807, 2.05) is 17.9 Å². The molecule has 1 aromatic heterocycles. The molecular weight excluding hydrogens is 216 g/mol. The fourth-order valence-corrected chi connectivity index (χ4v) is 1.81. The molecule has 5 heteroatoms. The average molecular weight is 240 g/mol. The largest absolute Gasteiger partial charge is 0.381 e. The van der Waals surface area contributed by atoms with Gasteiger partial charge < -0.3 is 10.1 Å². The van der Waals surface area contributed by atoms with Crippen molar-refractivity contribution in [2.45, 2.75) is 45.7 Å². The molecule has 0 saturated heterocycles. The zero-order valence-corrected chi connectivity index (χ0v) is 11.1. The second-order valence-corrected chi connectivity index (χ2v) is 4.12. The van der Waals surface area contributed by atoms with Crippen molar-refractivity contribution >= 4 is 0 Å². The van der Waals surface area contributed by atoms with E-state index in [4.69, 9.17) is 4.74 Å². The van der Waals surface area contributed by atoms with E-state index in [0.29, 0.717) is 0 Å². The van der Waals surface area contributed by atoms with E-state index in [9.17, 15) is 0 Å². The van der Waals surface area contributed by atoms with Crippen molar-refractivity contribution in [3.63, 3.8) is 0 Å². The highest BCUT2D eigenvalue weighted by Gasteiger charge is 2.14. The molecule has 1 rings (SSSR count). The van der Waals surface area contributed by atoms with Crippen LogP contribution in [0.2, 0.25) is 0 Å². The number of nitrogens with one attached hydrogen (secondary N) is 1. The number of ether oxygens (including phenoxy) is 1. The summed E-state index contributed by atoms with van der Waals surface area (Å²) in [5.41, 5.74) is 1.15. The maximum Gasteiger partial charge on any atom is 0.0757 e. The molecular formula is C12H24N4O. The van der Waals surface area contributed by atoms with Gasteiger partial charge in [0.1, 0.15) is 0 Å². The molecule has 98 valence electrons. The minimum Gasteiger partial charge on any atom is -0.381 e. The van der Waals surface area contributed by atoms with Crippen molar-refractivity contribution < 1.29 is 4.74 Å². The number of hydrogen-bond acceptors (Lipinski definition) is 4. The summed E-state index contributed by atoms with van der Waals surface area (Å²) in [5.74, 6) is 0.